The van der Waals surface area contributed by atoms with Crippen LogP contribution in [0.3, 0.4) is 0 Å². The lowest BCUT2D eigenvalue weighted by Crippen LogP contribution is -2.53. The van der Waals surface area contributed by atoms with Crippen LogP contribution in [0.1, 0.15) is 167 Å². The normalized spacial score (nSPS) is 25.8. The summed E-state index contributed by atoms with van der Waals surface area (Å²) in [5.41, 5.74) is 3.80. The van der Waals surface area contributed by atoms with E-state index < -0.39 is 26.2 Å². The monoisotopic (exact) mass is 1030 g/mol. The zero-order valence-corrected chi connectivity index (χ0v) is 44.7. The molecule has 0 radical (unpaired) electrons. The molecule has 0 saturated heterocycles. The van der Waals surface area contributed by atoms with Crippen LogP contribution >= 0.6 is 23.2 Å². The van der Waals surface area contributed by atoms with Crippen molar-refractivity contribution in [2.75, 3.05) is 0 Å². The van der Waals surface area contributed by atoms with Crippen LogP contribution in [0.2, 0.25) is 10.0 Å². The highest BCUT2D eigenvalue weighted by Gasteiger charge is 2.60. The van der Waals surface area contributed by atoms with Crippen LogP contribution in [-0.2, 0) is 13.2 Å². The Bertz CT molecular complexity index is 2500. The predicted octanol–water partition coefficient (Wildman–Crippen LogP) is 11.9. The molecule has 0 amide bonds. The first kappa shape index (κ1) is 55.0. The van der Waals surface area contributed by atoms with Crippen LogP contribution in [0.25, 0.3) is 5.57 Å². The zero-order chi connectivity index (χ0) is 52.4. The van der Waals surface area contributed by atoms with Gasteiger partial charge >= 0.3 is 26.2 Å². The minimum atomic E-state index is -1.63. The molecule has 0 bridgehead atoms. The first-order valence-electron chi connectivity index (χ1n) is 26.8. The van der Waals surface area contributed by atoms with Crippen molar-refractivity contribution >= 4 is 65.9 Å². The number of fused-ring (bicyclic) bond motifs is 5. The average molecular weight is 1040 g/mol. The molecule has 6 N–H and O–H groups in total. The van der Waals surface area contributed by atoms with Gasteiger partial charge in [0.05, 0.1) is 10.0 Å². The van der Waals surface area contributed by atoms with E-state index in [2.05, 4.69) is 40.7 Å². The van der Waals surface area contributed by atoms with Crippen molar-refractivity contribution in [2.24, 2.45) is 58.2 Å². The SMILES string of the molecule is CC(C)CCC[C@@H](C)[C@H]1CC[C@H]2[C@@H]3CCC4CC(CCC=C(c5cc(Cl)c(OCc6ccc(B(O)O)cc6)c(C(=O)O)c5)c5cc(Cl)c(OCc6ccc(B(O)O)cc6)c(C(=O)O)c5)CC[C@]4(C)[C@H]3CC[C@]12C. The molecule has 8 rings (SSSR count). The van der Waals surface area contributed by atoms with E-state index in [1.165, 1.54) is 82.8 Å². The van der Waals surface area contributed by atoms with Gasteiger partial charge in [0, 0.05) is 0 Å². The van der Waals surface area contributed by atoms with Gasteiger partial charge in [0.15, 0.2) is 11.5 Å². The van der Waals surface area contributed by atoms with Crippen molar-refractivity contribution in [1.82, 2.24) is 0 Å². The molecule has 9 atom stereocenters. The summed E-state index contributed by atoms with van der Waals surface area (Å²) in [6.07, 6.45) is 19.4. The molecule has 390 valence electrons. The fraction of sp³-hybridized carbons (Fsp3) is 0.525. The number of aromatic carboxylic acids is 2. The van der Waals surface area contributed by atoms with Crippen LogP contribution in [0.4, 0.5) is 0 Å². The second-order valence-electron chi connectivity index (χ2n) is 23.1. The van der Waals surface area contributed by atoms with Crippen molar-refractivity contribution < 1.29 is 49.4 Å². The molecule has 4 aromatic carbocycles. The van der Waals surface area contributed by atoms with Crippen LogP contribution in [0, 0.1) is 58.2 Å². The molecule has 4 aliphatic carbocycles. The summed E-state index contributed by atoms with van der Waals surface area (Å²) >= 11 is 13.9. The number of benzene rings is 4. The highest BCUT2D eigenvalue weighted by Crippen LogP contribution is 2.69. The largest absolute Gasteiger partial charge is 0.488 e. The predicted molar refractivity (Wildman–Crippen MR) is 291 cm³/mol. The van der Waals surface area contributed by atoms with E-state index in [0.29, 0.717) is 67.8 Å². The smallest absolute Gasteiger partial charge is 0.486 e. The van der Waals surface area contributed by atoms with E-state index in [-0.39, 0.29) is 45.9 Å². The van der Waals surface area contributed by atoms with Crippen molar-refractivity contribution in [1.29, 1.82) is 0 Å². The number of hydrogen-bond acceptors (Lipinski definition) is 8. The van der Waals surface area contributed by atoms with Crippen LogP contribution in [0.5, 0.6) is 11.5 Å². The molecular formula is C59H74B2Cl2O10. The number of allylic oxidation sites excluding steroid dienone is 1. The van der Waals surface area contributed by atoms with E-state index in [4.69, 9.17) is 32.7 Å². The second-order valence-corrected chi connectivity index (χ2v) is 23.9. The Morgan fingerprint density at radius 1 is 0.685 bits per heavy atom. The van der Waals surface area contributed by atoms with Gasteiger partial charge in [-0.3, -0.25) is 0 Å². The standard InChI is InChI=1S/C59H74B2Cl2O10/c1-35(2)8-6-9-36(3)49-22-23-50-46-21-16-42-28-37(24-26-58(42,4)51(46)25-27-59(49,50)5)10-7-11-45(40-29-47(56(64)65)54(52(62)31-40)72-33-38-12-17-43(18-13-38)60(68)69)41-30-48(57(66)67)55(53(63)32-41)73-34-39-14-19-44(20-15-39)61(70)71/h11-15,17-20,29-32,35-37,42,46,49-51,68-71H,6-10,16,21-28,33-34H2,1-5H3,(H,64,65)(H,66,67)/t36-,37?,42?,46+,49-,50+,51+,58+,59-/m1/s1. The molecule has 4 saturated carbocycles. The van der Waals surface area contributed by atoms with Crippen molar-refractivity contribution in [3.05, 3.63) is 122 Å². The second kappa shape index (κ2) is 23.3. The molecule has 4 aromatic rings. The topological polar surface area (TPSA) is 174 Å². The van der Waals surface area contributed by atoms with E-state index in [1.54, 1.807) is 60.7 Å². The first-order chi connectivity index (χ1) is 34.8. The minimum Gasteiger partial charge on any atom is -0.486 e. The summed E-state index contributed by atoms with van der Waals surface area (Å²) in [6.45, 7) is 12.5. The summed E-state index contributed by atoms with van der Waals surface area (Å²) in [7, 11) is -3.27. The molecule has 4 aliphatic rings. The molecular weight excluding hydrogens is 961 g/mol. The van der Waals surface area contributed by atoms with Gasteiger partial charge in [0.25, 0.3) is 0 Å². The Morgan fingerprint density at radius 3 is 1.71 bits per heavy atom. The number of hydrogen-bond donors (Lipinski definition) is 6. The van der Waals surface area contributed by atoms with Gasteiger partial charge < -0.3 is 39.8 Å². The fourth-order valence-electron chi connectivity index (χ4n) is 14.5. The molecule has 2 unspecified atom stereocenters. The van der Waals surface area contributed by atoms with E-state index in [1.807, 2.05) is 0 Å². The van der Waals surface area contributed by atoms with Crippen LogP contribution < -0.4 is 20.4 Å². The number of carboxylic acid groups (broad SMARTS) is 2. The van der Waals surface area contributed by atoms with E-state index in [9.17, 15) is 39.9 Å². The number of carbonyl (C=O) groups is 2. The Kier molecular flexibility index (Phi) is 17.5. The van der Waals surface area contributed by atoms with Crippen LogP contribution in [-0.4, -0.2) is 56.5 Å². The first-order valence-corrected chi connectivity index (χ1v) is 27.5. The van der Waals surface area contributed by atoms with Crippen molar-refractivity contribution in [2.45, 2.75) is 138 Å². The average Bonchev–Trinajstić information content (AvgIpc) is 3.71. The van der Waals surface area contributed by atoms with Gasteiger partial charge in [-0.1, -0.05) is 132 Å². The Hall–Kier alpha value is -4.29. The highest BCUT2D eigenvalue weighted by atomic mass is 35.5. The molecule has 4 fully saturated rings. The number of halogens is 2. The fourth-order valence-corrected chi connectivity index (χ4v) is 15.0. The Morgan fingerprint density at radius 2 is 1.21 bits per heavy atom. The molecule has 0 heterocycles. The maximum Gasteiger partial charge on any atom is 0.488 e. The summed E-state index contributed by atoms with van der Waals surface area (Å²) in [5.74, 6) is 3.44. The summed E-state index contributed by atoms with van der Waals surface area (Å²) < 4.78 is 12.1. The van der Waals surface area contributed by atoms with Gasteiger partial charge in [0.2, 0.25) is 0 Å². The summed E-state index contributed by atoms with van der Waals surface area (Å²) in [5, 5.41) is 59.3. The van der Waals surface area contributed by atoms with Crippen molar-refractivity contribution in [3.8, 4) is 11.5 Å². The van der Waals surface area contributed by atoms with E-state index >= 15 is 0 Å². The van der Waals surface area contributed by atoms with Crippen LogP contribution in [0.15, 0.2) is 78.9 Å². The highest BCUT2D eigenvalue weighted by molar-refractivity contribution is 6.58. The lowest BCUT2D eigenvalue weighted by atomic mass is 9.44. The summed E-state index contributed by atoms with van der Waals surface area (Å²) in [6, 6.07) is 19.0. The third-order valence-electron chi connectivity index (χ3n) is 18.4. The molecule has 10 nitrogen and oxygen atoms in total. The van der Waals surface area contributed by atoms with E-state index in [0.717, 1.165) is 48.3 Å². The van der Waals surface area contributed by atoms with Gasteiger partial charge in [-0.05, 0) is 192 Å². The number of rotatable bonds is 20. The third-order valence-corrected chi connectivity index (χ3v) is 19.0. The van der Waals surface area contributed by atoms with Gasteiger partial charge in [-0.15, -0.1) is 0 Å². The molecule has 0 spiro atoms. The van der Waals surface area contributed by atoms with Gasteiger partial charge in [-0.25, -0.2) is 9.59 Å². The van der Waals surface area contributed by atoms with Crippen molar-refractivity contribution in [3.63, 3.8) is 0 Å². The summed E-state index contributed by atoms with van der Waals surface area (Å²) in [4.78, 5) is 25.9. The Labute approximate surface area is 442 Å². The molecule has 0 aliphatic heterocycles. The molecule has 14 heteroatoms. The quantitative estimate of drug-likeness (QED) is 0.0468. The number of ether oxygens (including phenoxy) is 2. The molecule has 0 aromatic heterocycles. The molecule has 73 heavy (non-hydrogen) atoms. The maximum absolute atomic E-state index is 13.0. The lowest BCUT2D eigenvalue weighted by Gasteiger charge is -2.61. The van der Waals surface area contributed by atoms with Gasteiger partial charge in [0.1, 0.15) is 24.3 Å². The van der Waals surface area contributed by atoms with Gasteiger partial charge in [-0.2, -0.15) is 0 Å². The number of carboxylic acids is 2. The third kappa shape index (κ3) is 12.1. The maximum atomic E-state index is 13.0. The lowest BCUT2D eigenvalue weighted by molar-refractivity contribution is -0.121. The Balaban J connectivity index is 1.03. The zero-order valence-electron chi connectivity index (χ0n) is 43.2. The minimum absolute atomic E-state index is 0.0416.